The number of anilines is 1. The van der Waals surface area contributed by atoms with Crippen LogP contribution in [0.15, 0.2) is 59.5 Å². The van der Waals surface area contributed by atoms with Crippen molar-refractivity contribution in [3.8, 4) is 11.4 Å². The summed E-state index contributed by atoms with van der Waals surface area (Å²) in [5, 5.41) is 0.628. The highest BCUT2D eigenvalue weighted by Gasteiger charge is 2.33. The highest BCUT2D eigenvalue weighted by Crippen LogP contribution is 2.37. The molecule has 1 aliphatic heterocycles. The van der Waals surface area contributed by atoms with Crippen molar-refractivity contribution in [3.63, 3.8) is 0 Å². The predicted octanol–water partition coefficient (Wildman–Crippen LogP) is 6.16. The minimum absolute atomic E-state index is 0.110. The van der Waals surface area contributed by atoms with Crippen LogP contribution in [0.5, 0.6) is 5.75 Å². The molecule has 0 bridgehead atoms. The number of thiocarbonyl (C=S) groups is 1. The zero-order chi connectivity index (χ0) is 21.4. The first-order chi connectivity index (χ1) is 14.4. The molecule has 30 heavy (non-hydrogen) atoms. The van der Waals surface area contributed by atoms with Crippen LogP contribution in [0.1, 0.15) is 17.0 Å². The topological polar surface area (TPSA) is 34.5 Å². The minimum Gasteiger partial charge on any atom is -0.495 e. The molecule has 0 unspecified atom stereocenters. The van der Waals surface area contributed by atoms with Gasteiger partial charge >= 0.3 is 0 Å². The van der Waals surface area contributed by atoms with Crippen molar-refractivity contribution in [2.45, 2.75) is 13.8 Å². The molecule has 4 nitrogen and oxygen atoms in total. The number of nitrogens with zero attached hydrogens (tertiary/aromatic N) is 2. The van der Waals surface area contributed by atoms with Gasteiger partial charge in [0.25, 0.3) is 5.91 Å². The van der Waals surface area contributed by atoms with E-state index in [9.17, 15) is 4.79 Å². The molecule has 4 rings (SSSR count). The summed E-state index contributed by atoms with van der Waals surface area (Å²) < 4.78 is 8.13. The molecule has 1 saturated heterocycles. The van der Waals surface area contributed by atoms with Gasteiger partial charge in [-0.15, -0.1) is 0 Å². The van der Waals surface area contributed by atoms with Crippen molar-refractivity contribution in [2.75, 3.05) is 12.0 Å². The number of carbonyl (C=O) groups is 1. The fourth-order valence-corrected chi connectivity index (χ4v) is 5.01. The summed E-state index contributed by atoms with van der Waals surface area (Å²) in [6.07, 6.45) is 1.90. The summed E-state index contributed by atoms with van der Waals surface area (Å²) >= 11 is 13.0. The maximum Gasteiger partial charge on any atom is 0.270 e. The third-order valence-corrected chi connectivity index (χ3v) is 6.48. The van der Waals surface area contributed by atoms with Crippen LogP contribution in [-0.2, 0) is 4.79 Å². The molecule has 7 heteroatoms. The number of carbonyl (C=O) groups excluding carboxylic acids is 1. The number of benzene rings is 2. The van der Waals surface area contributed by atoms with E-state index in [0.29, 0.717) is 14.2 Å². The van der Waals surface area contributed by atoms with Gasteiger partial charge in [-0.2, -0.15) is 0 Å². The summed E-state index contributed by atoms with van der Waals surface area (Å²) in [4.78, 5) is 15.2. The average molecular weight is 455 g/mol. The van der Waals surface area contributed by atoms with Gasteiger partial charge in [0.05, 0.1) is 23.4 Å². The second kappa shape index (κ2) is 8.30. The monoisotopic (exact) mass is 454 g/mol. The van der Waals surface area contributed by atoms with E-state index in [1.807, 2.05) is 68.5 Å². The fourth-order valence-electron chi connectivity index (χ4n) is 3.55. The van der Waals surface area contributed by atoms with E-state index >= 15 is 0 Å². The Labute approximate surface area is 190 Å². The van der Waals surface area contributed by atoms with Crippen molar-refractivity contribution in [3.05, 3.63) is 81.5 Å². The Morgan fingerprint density at radius 1 is 1.10 bits per heavy atom. The highest BCUT2D eigenvalue weighted by atomic mass is 35.5. The van der Waals surface area contributed by atoms with Gasteiger partial charge in [0.15, 0.2) is 4.32 Å². The predicted molar refractivity (Wildman–Crippen MR) is 129 cm³/mol. The van der Waals surface area contributed by atoms with Crippen LogP contribution in [-0.4, -0.2) is 21.9 Å². The molecule has 0 saturated carbocycles. The van der Waals surface area contributed by atoms with Gasteiger partial charge in [-0.05, 0) is 61.9 Å². The maximum absolute atomic E-state index is 13.0. The Hall–Kier alpha value is -2.54. The number of methoxy groups -OCH3 is 1. The highest BCUT2D eigenvalue weighted by molar-refractivity contribution is 8.27. The van der Waals surface area contributed by atoms with E-state index in [0.717, 1.165) is 34.1 Å². The number of aromatic nitrogens is 1. The van der Waals surface area contributed by atoms with Crippen LogP contribution >= 0.6 is 35.6 Å². The number of hydrogen-bond donors (Lipinski definition) is 0. The minimum atomic E-state index is -0.110. The van der Waals surface area contributed by atoms with E-state index in [2.05, 4.69) is 4.57 Å². The molecule has 2 heterocycles. The summed E-state index contributed by atoms with van der Waals surface area (Å²) in [6.45, 7) is 4.02. The summed E-state index contributed by atoms with van der Waals surface area (Å²) in [6, 6.07) is 17.0. The van der Waals surface area contributed by atoms with E-state index in [4.69, 9.17) is 28.6 Å². The van der Waals surface area contributed by atoms with Gasteiger partial charge in [0, 0.05) is 16.4 Å². The number of aryl methyl sites for hydroxylation is 1. The molecule has 152 valence electrons. The number of para-hydroxylation sites is 1. The van der Waals surface area contributed by atoms with Crippen LogP contribution in [0.4, 0.5) is 5.69 Å². The molecule has 1 aliphatic rings. The molecular formula is C23H19ClN2O2S2. The first kappa shape index (κ1) is 20.7. The largest absolute Gasteiger partial charge is 0.495 e. The van der Waals surface area contributed by atoms with Gasteiger partial charge in [0.2, 0.25) is 0 Å². The maximum atomic E-state index is 13.0. The van der Waals surface area contributed by atoms with Crippen LogP contribution < -0.4 is 9.64 Å². The van der Waals surface area contributed by atoms with Crippen molar-refractivity contribution < 1.29 is 9.53 Å². The average Bonchev–Trinajstić information content (AvgIpc) is 3.17. The lowest BCUT2D eigenvalue weighted by Crippen LogP contribution is -2.27. The first-order valence-corrected chi connectivity index (χ1v) is 10.9. The van der Waals surface area contributed by atoms with Gasteiger partial charge in [-0.25, -0.2) is 0 Å². The zero-order valence-corrected chi connectivity index (χ0v) is 19.1. The molecule has 0 spiro atoms. The third-order valence-electron chi connectivity index (χ3n) is 4.95. The van der Waals surface area contributed by atoms with E-state index < -0.39 is 0 Å². The van der Waals surface area contributed by atoms with E-state index in [1.165, 1.54) is 11.8 Å². The van der Waals surface area contributed by atoms with Crippen LogP contribution in [0.3, 0.4) is 0 Å². The van der Waals surface area contributed by atoms with Gasteiger partial charge < -0.3 is 9.30 Å². The summed E-state index contributed by atoms with van der Waals surface area (Å²) in [5.74, 6) is 0.615. The lowest BCUT2D eigenvalue weighted by molar-refractivity contribution is -0.113. The molecule has 0 radical (unpaired) electrons. The van der Waals surface area contributed by atoms with Gasteiger partial charge in [0.1, 0.15) is 5.75 Å². The number of halogens is 1. The number of thioether (sulfide) groups is 1. The van der Waals surface area contributed by atoms with E-state index in [1.54, 1.807) is 18.1 Å². The number of hydrogen-bond acceptors (Lipinski definition) is 4. The summed E-state index contributed by atoms with van der Waals surface area (Å²) in [7, 11) is 1.64. The lowest BCUT2D eigenvalue weighted by atomic mass is 10.2. The van der Waals surface area contributed by atoms with Crippen molar-refractivity contribution in [1.82, 2.24) is 4.57 Å². The molecule has 1 amide bonds. The van der Waals surface area contributed by atoms with Gasteiger partial charge in [-0.3, -0.25) is 9.69 Å². The molecule has 3 aromatic rings. The second-order valence-corrected chi connectivity index (χ2v) is 8.94. The molecular weight excluding hydrogens is 436 g/mol. The lowest BCUT2D eigenvalue weighted by Gasteiger charge is -2.14. The Kier molecular flexibility index (Phi) is 5.73. The molecule has 2 aromatic carbocycles. The molecule has 0 atom stereocenters. The number of amides is 1. The molecule has 1 fully saturated rings. The second-order valence-electron chi connectivity index (χ2n) is 6.83. The fraction of sp³-hybridized carbons (Fsp3) is 0.130. The van der Waals surface area contributed by atoms with Gasteiger partial charge in [-0.1, -0.05) is 53.8 Å². The standard InChI is InChI=1S/C23H19ClN2O2S2/c1-14-11-16(15(2)25(14)19-13-17(24)9-10-20(19)28-3)12-21-22(27)26(23(29)30-21)18-7-5-4-6-8-18/h4-13H,1-3H3/b21-12+. The zero-order valence-electron chi connectivity index (χ0n) is 16.7. The smallest absolute Gasteiger partial charge is 0.270 e. The molecule has 1 aromatic heterocycles. The van der Waals surface area contributed by atoms with Crippen LogP contribution in [0.25, 0.3) is 11.8 Å². The normalized spacial score (nSPS) is 15.3. The molecule has 0 N–H and O–H groups in total. The Balaban J connectivity index is 1.75. The van der Waals surface area contributed by atoms with Crippen molar-refractivity contribution in [2.24, 2.45) is 0 Å². The Morgan fingerprint density at radius 3 is 2.53 bits per heavy atom. The molecule has 0 aliphatic carbocycles. The van der Waals surface area contributed by atoms with Crippen molar-refractivity contribution in [1.29, 1.82) is 0 Å². The SMILES string of the molecule is COc1ccc(Cl)cc1-n1c(C)cc(/C=C2/SC(=S)N(c3ccccc3)C2=O)c1C. The van der Waals surface area contributed by atoms with E-state index in [-0.39, 0.29) is 5.91 Å². The van der Waals surface area contributed by atoms with Crippen molar-refractivity contribution >= 4 is 57.6 Å². The Morgan fingerprint density at radius 2 is 1.83 bits per heavy atom. The Bertz CT molecular complexity index is 1190. The van der Waals surface area contributed by atoms with Crippen LogP contribution in [0.2, 0.25) is 5.02 Å². The summed E-state index contributed by atoms with van der Waals surface area (Å²) in [5.41, 5.74) is 4.58. The first-order valence-electron chi connectivity index (χ1n) is 9.26. The third kappa shape index (κ3) is 3.67. The number of rotatable bonds is 4. The van der Waals surface area contributed by atoms with Crippen LogP contribution in [0, 0.1) is 13.8 Å². The quantitative estimate of drug-likeness (QED) is 0.349. The number of ether oxygens (including phenoxy) is 1.